The number of benzene rings is 2. The van der Waals surface area contributed by atoms with E-state index < -0.39 is 5.97 Å². The number of nitrogens with one attached hydrogen (secondary N) is 1. The first-order chi connectivity index (χ1) is 12.1. The van der Waals surface area contributed by atoms with Gasteiger partial charge in [0, 0.05) is 5.56 Å². The van der Waals surface area contributed by atoms with Gasteiger partial charge in [0.2, 0.25) is 0 Å². The minimum atomic E-state index is -0.466. The number of carbonyl (C=O) groups excluding carboxylic acids is 2. The van der Waals surface area contributed by atoms with Crippen molar-refractivity contribution in [3.05, 3.63) is 58.7 Å². The molecule has 130 valence electrons. The Morgan fingerprint density at radius 2 is 1.64 bits per heavy atom. The summed E-state index contributed by atoms with van der Waals surface area (Å²) in [6, 6.07) is 10.6. The molecule has 1 amide bonds. The van der Waals surface area contributed by atoms with Crippen LogP contribution in [0.15, 0.2) is 36.4 Å². The molecule has 0 bridgehead atoms. The van der Waals surface area contributed by atoms with Gasteiger partial charge in [-0.1, -0.05) is 6.07 Å². The van der Waals surface area contributed by atoms with Crippen molar-refractivity contribution in [2.24, 2.45) is 0 Å². The van der Waals surface area contributed by atoms with Gasteiger partial charge in [0.05, 0.1) is 25.5 Å². The highest BCUT2D eigenvalue weighted by molar-refractivity contribution is 6.06. The average molecular weight is 339 g/mol. The maximum absolute atomic E-state index is 12.6. The molecule has 5 nitrogen and oxygen atoms in total. The van der Waals surface area contributed by atoms with E-state index >= 15 is 0 Å². The Kier molecular flexibility index (Phi) is 5.03. The molecule has 1 aliphatic rings. The van der Waals surface area contributed by atoms with E-state index in [1.54, 1.807) is 18.2 Å². The van der Waals surface area contributed by atoms with Crippen molar-refractivity contribution in [3.8, 4) is 5.75 Å². The molecule has 3 rings (SSSR count). The second-order valence-electron chi connectivity index (χ2n) is 6.05. The van der Waals surface area contributed by atoms with Crippen LogP contribution < -0.4 is 10.1 Å². The quantitative estimate of drug-likeness (QED) is 0.864. The number of rotatable bonds is 4. The van der Waals surface area contributed by atoms with Crippen LogP contribution in [0.5, 0.6) is 5.75 Å². The van der Waals surface area contributed by atoms with Gasteiger partial charge in [-0.25, -0.2) is 4.79 Å². The Morgan fingerprint density at radius 1 is 0.920 bits per heavy atom. The molecule has 0 spiro atoms. The summed E-state index contributed by atoms with van der Waals surface area (Å²) in [5, 5.41) is 2.83. The molecule has 0 atom stereocenters. The zero-order chi connectivity index (χ0) is 17.8. The van der Waals surface area contributed by atoms with Gasteiger partial charge >= 0.3 is 5.97 Å². The van der Waals surface area contributed by atoms with Crippen LogP contribution in [-0.4, -0.2) is 26.1 Å². The van der Waals surface area contributed by atoms with Crippen molar-refractivity contribution in [3.63, 3.8) is 0 Å². The van der Waals surface area contributed by atoms with Crippen molar-refractivity contribution in [1.29, 1.82) is 0 Å². The standard InChI is InChI=1S/C20H21NO4/c1-24-18-10-9-16(20(23)25-2)12-17(18)21-19(22)15-8-7-13-5-3-4-6-14(13)11-15/h7-12H,3-6H2,1-2H3,(H,21,22). The van der Waals surface area contributed by atoms with E-state index in [9.17, 15) is 9.59 Å². The first kappa shape index (κ1) is 17.0. The average Bonchev–Trinajstić information content (AvgIpc) is 2.66. The predicted molar refractivity (Wildman–Crippen MR) is 95.4 cm³/mol. The van der Waals surface area contributed by atoms with Crippen molar-refractivity contribution >= 4 is 17.6 Å². The minimum Gasteiger partial charge on any atom is -0.495 e. The number of methoxy groups -OCH3 is 2. The number of anilines is 1. The smallest absolute Gasteiger partial charge is 0.337 e. The van der Waals surface area contributed by atoms with Gasteiger partial charge in [-0.2, -0.15) is 0 Å². The number of carbonyl (C=O) groups is 2. The first-order valence-corrected chi connectivity index (χ1v) is 8.32. The van der Waals surface area contributed by atoms with Crippen molar-refractivity contribution in [1.82, 2.24) is 0 Å². The third-order valence-corrected chi connectivity index (χ3v) is 4.48. The maximum atomic E-state index is 12.6. The summed E-state index contributed by atoms with van der Waals surface area (Å²) >= 11 is 0. The van der Waals surface area contributed by atoms with E-state index in [4.69, 9.17) is 9.47 Å². The Balaban J connectivity index is 1.86. The molecule has 0 fully saturated rings. The lowest BCUT2D eigenvalue weighted by molar-refractivity contribution is 0.0600. The number of amides is 1. The molecular formula is C20H21NO4. The fourth-order valence-electron chi connectivity index (χ4n) is 3.12. The van der Waals surface area contributed by atoms with Crippen LogP contribution in [0.4, 0.5) is 5.69 Å². The van der Waals surface area contributed by atoms with E-state index in [2.05, 4.69) is 5.32 Å². The lowest BCUT2D eigenvalue weighted by Gasteiger charge is -2.17. The predicted octanol–water partition coefficient (Wildman–Crippen LogP) is 3.61. The highest BCUT2D eigenvalue weighted by Crippen LogP contribution is 2.27. The van der Waals surface area contributed by atoms with Gasteiger partial charge in [0.25, 0.3) is 5.91 Å². The molecule has 1 aliphatic carbocycles. The molecule has 2 aromatic carbocycles. The van der Waals surface area contributed by atoms with E-state index in [0.717, 1.165) is 19.3 Å². The van der Waals surface area contributed by atoms with Crippen LogP contribution in [0.25, 0.3) is 0 Å². The summed E-state index contributed by atoms with van der Waals surface area (Å²) in [6.45, 7) is 0. The van der Waals surface area contributed by atoms with Gasteiger partial charge in [-0.05, 0) is 67.1 Å². The SMILES string of the molecule is COC(=O)c1ccc(OC)c(NC(=O)c2ccc3c(c2)CCCC3)c1. The van der Waals surface area contributed by atoms with Gasteiger partial charge in [0.1, 0.15) is 5.75 Å². The van der Waals surface area contributed by atoms with Crippen LogP contribution in [0.2, 0.25) is 0 Å². The highest BCUT2D eigenvalue weighted by atomic mass is 16.5. The van der Waals surface area contributed by atoms with Crippen molar-refractivity contribution in [2.45, 2.75) is 25.7 Å². The second kappa shape index (κ2) is 7.38. The first-order valence-electron chi connectivity index (χ1n) is 8.32. The number of ether oxygens (including phenoxy) is 2. The summed E-state index contributed by atoms with van der Waals surface area (Å²) in [7, 11) is 2.83. The molecule has 0 radical (unpaired) electrons. The number of hydrogen-bond acceptors (Lipinski definition) is 4. The fourth-order valence-corrected chi connectivity index (χ4v) is 3.12. The highest BCUT2D eigenvalue weighted by Gasteiger charge is 2.16. The zero-order valence-electron chi connectivity index (χ0n) is 14.4. The van der Waals surface area contributed by atoms with Gasteiger partial charge in [0.15, 0.2) is 0 Å². The summed E-state index contributed by atoms with van der Waals surface area (Å²) in [6.07, 6.45) is 4.45. The molecule has 5 heteroatoms. The number of hydrogen-bond donors (Lipinski definition) is 1. The zero-order valence-corrected chi connectivity index (χ0v) is 14.4. The molecule has 0 aliphatic heterocycles. The third-order valence-electron chi connectivity index (χ3n) is 4.48. The van der Waals surface area contributed by atoms with Crippen LogP contribution in [0, 0.1) is 0 Å². The summed E-state index contributed by atoms with van der Waals surface area (Å²) in [5.74, 6) is -0.209. The molecule has 0 aromatic heterocycles. The molecule has 2 aromatic rings. The van der Waals surface area contributed by atoms with E-state index in [0.29, 0.717) is 22.6 Å². The Bertz CT molecular complexity index is 813. The van der Waals surface area contributed by atoms with E-state index in [1.165, 1.54) is 31.8 Å². The van der Waals surface area contributed by atoms with Gasteiger partial charge in [-0.15, -0.1) is 0 Å². The molecular weight excluding hydrogens is 318 g/mol. The largest absolute Gasteiger partial charge is 0.495 e. The number of fused-ring (bicyclic) bond motifs is 1. The topological polar surface area (TPSA) is 64.6 Å². The van der Waals surface area contributed by atoms with Gasteiger partial charge < -0.3 is 14.8 Å². The van der Waals surface area contributed by atoms with Crippen molar-refractivity contribution < 1.29 is 19.1 Å². The fraction of sp³-hybridized carbons (Fsp3) is 0.300. The minimum absolute atomic E-state index is 0.228. The van der Waals surface area contributed by atoms with E-state index in [-0.39, 0.29) is 5.91 Å². The number of aryl methyl sites for hydroxylation is 2. The van der Waals surface area contributed by atoms with Crippen LogP contribution in [0.1, 0.15) is 44.7 Å². The molecule has 0 heterocycles. The molecule has 1 N–H and O–H groups in total. The molecule has 0 unspecified atom stereocenters. The van der Waals surface area contributed by atoms with Gasteiger partial charge in [-0.3, -0.25) is 4.79 Å². The maximum Gasteiger partial charge on any atom is 0.337 e. The van der Waals surface area contributed by atoms with Crippen LogP contribution in [-0.2, 0) is 17.6 Å². The Morgan fingerprint density at radius 3 is 2.36 bits per heavy atom. The van der Waals surface area contributed by atoms with Crippen molar-refractivity contribution in [2.75, 3.05) is 19.5 Å². The normalized spacial score (nSPS) is 12.9. The summed E-state index contributed by atoms with van der Waals surface area (Å²) in [4.78, 5) is 24.3. The lowest BCUT2D eigenvalue weighted by atomic mass is 9.90. The van der Waals surface area contributed by atoms with Crippen LogP contribution >= 0.6 is 0 Å². The Hall–Kier alpha value is -2.82. The molecule has 0 saturated heterocycles. The van der Waals surface area contributed by atoms with Crippen LogP contribution in [0.3, 0.4) is 0 Å². The third kappa shape index (κ3) is 3.65. The summed E-state index contributed by atoms with van der Waals surface area (Å²) < 4.78 is 10.00. The summed E-state index contributed by atoms with van der Waals surface area (Å²) in [5.41, 5.74) is 3.96. The Labute approximate surface area is 147 Å². The van der Waals surface area contributed by atoms with E-state index in [1.807, 2.05) is 18.2 Å². The lowest BCUT2D eigenvalue weighted by Crippen LogP contribution is -2.15. The number of esters is 1. The monoisotopic (exact) mass is 339 g/mol. The molecule has 25 heavy (non-hydrogen) atoms. The molecule has 0 saturated carbocycles. The second-order valence-corrected chi connectivity index (χ2v) is 6.05.